The van der Waals surface area contributed by atoms with Gasteiger partial charge in [-0.1, -0.05) is 11.6 Å². The maximum atomic E-state index is 12.4. The van der Waals surface area contributed by atoms with Crippen LogP contribution < -0.4 is 15.4 Å². The average molecular weight is 356 g/mol. The van der Waals surface area contributed by atoms with Crippen LogP contribution >= 0.6 is 23.4 Å². The fourth-order valence-electron chi connectivity index (χ4n) is 2.68. The molecule has 2 aliphatic rings. The zero-order valence-electron chi connectivity index (χ0n) is 12.7. The molecule has 1 aromatic rings. The van der Waals surface area contributed by atoms with Crippen molar-refractivity contribution in [2.24, 2.45) is 0 Å². The summed E-state index contributed by atoms with van der Waals surface area (Å²) in [6.07, 6.45) is 2.01. The predicted octanol–water partition coefficient (Wildman–Crippen LogP) is 3.03. The predicted molar refractivity (Wildman–Crippen MR) is 92.7 cm³/mol. The molecule has 2 aliphatic heterocycles. The fraction of sp³-hybridized carbons (Fsp3) is 0.467. The summed E-state index contributed by atoms with van der Waals surface area (Å²) in [6.45, 7) is -0.0547. The van der Waals surface area contributed by atoms with E-state index in [0.717, 1.165) is 24.3 Å². The van der Waals surface area contributed by atoms with Crippen molar-refractivity contribution >= 4 is 46.7 Å². The Balaban J connectivity index is 1.72. The van der Waals surface area contributed by atoms with Crippen LogP contribution in [0.5, 0.6) is 5.75 Å². The summed E-state index contributed by atoms with van der Waals surface area (Å²) in [5.74, 6) is 2.35. The van der Waals surface area contributed by atoms with E-state index in [9.17, 15) is 9.59 Å². The topological polar surface area (TPSA) is 70.7 Å². The number of rotatable bonds is 2. The van der Waals surface area contributed by atoms with Gasteiger partial charge in [-0.25, -0.2) is 4.79 Å². The minimum Gasteiger partial charge on any atom is -0.480 e. The van der Waals surface area contributed by atoms with Gasteiger partial charge in [0.2, 0.25) is 0 Å². The Morgan fingerprint density at radius 1 is 1.43 bits per heavy atom. The Morgan fingerprint density at radius 2 is 2.17 bits per heavy atom. The maximum absolute atomic E-state index is 12.4. The summed E-state index contributed by atoms with van der Waals surface area (Å²) in [4.78, 5) is 25.5. The molecule has 0 unspecified atom stereocenters. The molecule has 6 nitrogen and oxygen atoms in total. The number of halogens is 1. The van der Waals surface area contributed by atoms with Crippen LogP contribution in [0.15, 0.2) is 12.1 Å². The zero-order chi connectivity index (χ0) is 16.4. The number of carbonyl (C=O) groups is 2. The van der Waals surface area contributed by atoms with Gasteiger partial charge in [0.05, 0.1) is 10.7 Å². The van der Waals surface area contributed by atoms with Crippen LogP contribution in [0.2, 0.25) is 5.02 Å². The minimum absolute atomic E-state index is 0.0547. The fourth-order valence-corrected chi connectivity index (χ4v) is 4.03. The van der Waals surface area contributed by atoms with Gasteiger partial charge in [-0.2, -0.15) is 11.8 Å². The third-order valence-corrected chi connectivity index (χ3v) is 5.30. The molecule has 8 heteroatoms. The number of fused-ring (bicyclic) bond motifs is 1. The Bertz CT molecular complexity index is 635. The van der Waals surface area contributed by atoms with Gasteiger partial charge in [-0.05, 0) is 36.5 Å². The van der Waals surface area contributed by atoms with Crippen molar-refractivity contribution < 1.29 is 14.3 Å². The highest BCUT2D eigenvalue weighted by Crippen LogP contribution is 2.38. The molecule has 0 radical (unpaired) electrons. The van der Waals surface area contributed by atoms with Crippen LogP contribution in [0.4, 0.5) is 16.2 Å². The van der Waals surface area contributed by atoms with Gasteiger partial charge in [0.1, 0.15) is 0 Å². The lowest BCUT2D eigenvalue weighted by atomic mass is 10.1. The second kappa shape index (κ2) is 6.88. The third kappa shape index (κ3) is 3.67. The number of ether oxygens (including phenoxy) is 1. The highest BCUT2D eigenvalue weighted by Gasteiger charge is 2.24. The molecular weight excluding hydrogens is 338 g/mol. The SMILES string of the molecule is CN(C(=O)Nc1cc(Cl)c2c(c1)NC(=O)CO2)C1CCSCC1. The molecule has 0 aromatic heterocycles. The molecule has 1 aromatic carbocycles. The maximum Gasteiger partial charge on any atom is 0.321 e. The quantitative estimate of drug-likeness (QED) is 0.855. The molecule has 0 spiro atoms. The molecule has 1 saturated heterocycles. The van der Waals surface area contributed by atoms with Crippen LogP contribution in [0, 0.1) is 0 Å². The number of nitrogens with zero attached hydrogens (tertiary/aromatic N) is 1. The van der Waals surface area contributed by atoms with Gasteiger partial charge < -0.3 is 20.3 Å². The largest absolute Gasteiger partial charge is 0.480 e. The number of anilines is 2. The van der Waals surface area contributed by atoms with E-state index in [-0.39, 0.29) is 24.6 Å². The van der Waals surface area contributed by atoms with E-state index in [1.54, 1.807) is 24.1 Å². The van der Waals surface area contributed by atoms with Crippen molar-refractivity contribution in [3.63, 3.8) is 0 Å². The summed E-state index contributed by atoms with van der Waals surface area (Å²) >= 11 is 8.08. The van der Waals surface area contributed by atoms with Gasteiger partial charge in [0, 0.05) is 18.8 Å². The molecule has 0 aliphatic carbocycles. The number of urea groups is 1. The van der Waals surface area contributed by atoms with Crippen molar-refractivity contribution in [3.8, 4) is 5.75 Å². The van der Waals surface area contributed by atoms with Gasteiger partial charge >= 0.3 is 6.03 Å². The first kappa shape index (κ1) is 16.3. The van der Waals surface area contributed by atoms with Crippen molar-refractivity contribution in [2.75, 3.05) is 35.8 Å². The lowest BCUT2D eigenvalue weighted by molar-refractivity contribution is -0.118. The van der Waals surface area contributed by atoms with E-state index < -0.39 is 0 Å². The second-order valence-corrected chi connectivity index (χ2v) is 7.19. The molecule has 2 N–H and O–H groups in total. The van der Waals surface area contributed by atoms with Gasteiger partial charge in [0.25, 0.3) is 5.91 Å². The molecule has 3 amide bonds. The van der Waals surface area contributed by atoms with Gasteiger partial charge in [0.15, 0.2) is 12.4 Å². The summed E-state index contributed by atoms with van der Waals surface area (Å²) in [5.41, 5.74) is 1.00. The lowest BCUT2D eigenvalue weighted by Crippen LogP contribution is -2.41. The van der Waals surface area contributed by atoms with E-state index in [2.05, 4.69) is 10.6 Å². The van der Waals surface area contributed by atoms with E-state index in [1.807, 2.05) is 11.8 Å². The Kier molecular flexibility index (Phi) is 4.87. The van der Waals surface area contributed by atoms with Crippen molar-refractivity contribution in [1.82, 2.24) is 4.90 Å². The van der Waals surface area contributed by atoms with Crippen LogP contribution in [0.3, 0.4) is 0 Å². The molecule has 124 valence electrons. The van der Waals surface area contributed by atoms with Crippen LogP contribution in [0.1, 0.15) is 12.8 Å². The zero-order valence-corrected chi connectivity index (χ0v) is 14.3. The van der Waals surface area contributed by atoms with Crippen molar-refractivity contribution in [3.05, 3.63) is 17.2 Å². The van der Waals surface area contributed by atoms with E-state index in [0.29, 0.717) is 22.1 Å². The minimum atomic E-state index is -0.242. The standard InChI is InChI=1S/C15H18ClN3O3S/c1-19(10-2-4-23-5-3-10)15(21)17-9-6-11(16)14-12(7-9)18-13(20)8-22-14/h6-7,10H,2-5,8H2,1H3,(H,17,21)(H,18,20). The Morgan fingerprint density at radius 3 is 2.91 bits per heavy atom. The summed E-state index contributed by atoms with van der Waals surface area (Å²) in [5, 5.41) is 5.88. The Hall–Kier alpha value is -1.60. The summed E-state index contributed by atoms with van der Waals surface area (Å²) < 4.78 is 5.30. The molecule has 2 heterocycles. The van der Waals surface area contributed by atoms with E-state index in [1.165, 1.54) is 0 Å². The van der Waals surface area contributed by atoms with E-state index in [4.69, 9.17) is 16.3 Å². The number of benzene rings is 1. The first-order valence-corrected chi connectivity index (χ1v) is 8.95. The monoisotopic (exact) mass is 355 g/mol. The summed E-state index contributed by atoms with van der Waals surface area (Å²) in [6, 6.07) is 3.36. The molecule has 0 saturated carbocycles. The smallest absolute Gasteiger partial charge is 0.321 e. The van der Waals surface area contributed by atoms with Crippen LogP contribution in [-0.2, 0) is 4.79 Å². The highest BCUT2D eigenvalue weighted by atomic mass is 35.5. The molecule has 1 fully saturated rings. The number of thioether (sulfide) groups is 1. The lowest BCUT2D eigenvalue weighted by Gasteiger charge is -2.31. The first-order valence-electron chi connectivity index (χ1n) is 7.42. The molecule has 3 rings (SSSR count). The third-order valence-electron chi connectivity index (χ3n) is 3.98. The summed E-state index contributed by atoms with van der Waals surface area (Å²) in [7, 11) is 1.81. The number of carbonyl (C=O) groups excluding carboxylic acids is 2. The van der Waals surface area contributed by atoms with Crippen LogP contribution in [-0.4, -0.2) is 48.0 Å². The van der Waals surface area contributed by atoms with Gasteiger partial charge in [-0.15, -0.1) is 0 Å². The van der Waals surface area contributed by atoms with Crippen molar-refractivity contribution in [1.29, 1.82) is 0 Å². The number of hydrogen-bond donors (Lipinski definition) is 2. The molecule has 23 heavy (non-hydrogen) atoms. The van der Waals surface area contributed by atoms with Crippen molar-refractivity contribution in [2.45, 2.75) is 18.9 Å². The molecule has 0 bridgehead atoms. The van der Waals surface area contributed by atoms with E-state index >= 15 is 0 Å². The Labute approximate surface area is 143 Å². The average Bonchev–Trinajstić information content (AvgIpc) is 2.54. The normalized spacial score (nSPS) is 17.7. The highest BCUT2D eigenvalue weighted by molar-refractivity contribution is 7.99. The van der Waals surface area contributed by atoms with Gasteiger partial charge in [-0.3, -0.25) is 4.79 Å². The molecule has 0 atom stereocenters. The second-order valence-electron chi connectivity index (χ2n) is 5.56. The van der Waals surface area contributed by atoms with Crippen LogP contribution in [0.25, 0.3) is 0 Å². The first-order chi connectivity index (χ1) is 11.0. The number of hydrogen-bond acceptors (Lipinski definition) is 4. The number of amides is 3. The number of nitrogens with one attached hydrogen (secondary N) is 2. The molecular formula is C15H18ClN3O3S.